The molecule has 0 aliphatic carbocycles. The molecule has 0 radical (unpaired) electrons. The van der Waals surface area contributed by atoms with Gasteiger partial charge in [-0.15, -0.1) is 11.3 Å². The molecule has 0 unspecified atom stereocenters. The van der Waals surface area contributed by atoms with Crippen LogP contribution in [0.4, 0.5) is 34.1 Å². The molecule has 0 aliphatic heterocycles. The van der Waals surface area contributed by atoms with Gasteiger partial charge in [0, 0.05) is 119 Å². The molecule has 24 aromatic rings. The van der Waals surface area contributed by atoms with Gasteiger partial charge in [-0.25, -0.2) is 0 Å². The molecule has 0 amide bonds. The molecule has 0 saturated heterocycles. The first-order valence-corrected chi connectivity index (χ1v) is 39.9. The second-order valence-electron chi connectivity index (χ2n) is 29.7. The fourth-order valence-corrected chi connectivity index (χ4v) is 18.6. The number of hydrogen-bond donors (Lipinski definition) is 0. The molecule has 24 rings (SSSR count). The van der Waals surface area contributed by atoms with Crippen LogP contribution in [-0.4, -0.2) is 0 Å². The number of thiophene rings is 1. The first kappa shape index (κ1) is 66.6. The van der Waals surface area contributed by atoms with Crippen LogP contribution in [0.3, 0.4) is 0 Å². The second kappa shape index (κ2) is 27.3. The molecule has 0 saturated carbocycles. The number of benzene rings is 18. The minimum atomic E-state index is 0.897. The van der Waals surface area contributed by atoms with Gasteiger partial charge in [-0.2, -0.15) is 0 Å². The van der Waals surface area contributed by atoms with E-state index in [0.717, 1.165) is 199 Å². The average Bonchev–Trinajstić information content (AvgIpc) is 1.57. The number of rotatable bonds is 12. The average molecular weight is 1500 g/mol. The number of hydrogen-bond acceptors (Lipinski definition) is 8. The maximum Gasteiger partial charge on any atom is 0.143 e. The van der Waals surface area contributed by atoms with E-state index in [9.17, 15) is 0 Å². The SMILES string of the molecule is c1ccc2c(c1)oc1ccc(-c3ccc(N(c4ccc(-c5ccc6oc7ccccc7c6c5)cc4)c4ccc(-c5cccc6c5oc5ccccc56)cc4)cc3)cc12.c1ccc2c(c1)oc1ccc(-c3ccc(N(c4ccc(-c5cccc6c5oc5ccccc56)cc4)c4ccc(-c5cccc6c5sc5ccccc56)cc4)cc3)cc12. The predicted molar refractivity (Wildman–Crippen MR) is 484 cm³/mol. The van der Waals surface area contributed by atoms with Crippen molar-refractivity contribution in [1.82, 2.24) is 0 Å². The van der Waals surface area contributed by atoms with Gasteiger partial charge < -0.3 is 31.9 Å². The van der Waals surface area contributed by atoms with Gasteiger partial charge in [0.15, 0.2) is 0 Å². The summed E-state index contributed by atoms with van der Waals surface area (Å²) < 4.78 is 33.8. The zero-order chi connectivity index (χ0) is 76.3. The summed E-state index contributed by atoms with van der Waals surface area (Å²) in [5, 5.41) is 13.9. The van der Waals surface area contributed by atoms with Gasteiger partial charge in [-0.3, -0.25) is 0 Å². The van der Waals surface area contributed by atoms with Crippen molar-refractivity contribution in [3.05, 3.63) is 400 Å². The molecule has 0 atom stereocenters. The van der Waals surface area contributed by atoms with Crippen LogP contribution in [0.5, 0.6) is 0 Å². The van der Waals surface area contributed by atoms with E-state index in [-0.39, 0.29) is 0 Å². The third kappa shape index (κ3) is 11.4. The Morgan fingerprint density at radius 3 is 0.767 bits per heavy atom. The van der Waals surface area contributed by atoms with E-state index in [1.165, 1.54) is 31.3 Å². The van der Waals surface area contributed by atoms with E-state index in [1.54, 1.807) is 0 Å². The summed E-state index contributed by atoms with van der Waals surface area (Å²) in [6.07, 6.45) is 0. The Morgan fingerprint density at radius 1 is 0.164 bits per heavy atom. The molecule has 8 heteroatoms. The van der Waals surface area contributed by atoms with Gasteiger partial charge in [0.2, 0.25) is 0 Å². The Balaban J connectivity index is 0.000000137. The maximum absolute atomic E-state index is 6.42. The largest absolute Gasteiger partial charge is 0.456 e. The van der Waals surface area contributed by atoms with Crippen LogP contribution in [-0.2, 0) is 0 Å². The third-order valence-corrected chi connectivity index (χ3v) is 24.2. The van der Waals surface area contributed by atoms with Crippen molar-refractivity contribution in [2.45, 2.75) is 0 Å². The highest BCUT2D eigenvalue weighted by Crippen LogP contribution is 2.47. The normalized spacial score (nSPS) is 11.8. The molecule has 18 aromatic carbocycles. The van der Waals surface area contributed by atoms with Crippen LogP contribution in [0, 0.1) is 0 Å². The highest BCUT2D eigenvalue weighted by Gasteiger charge is 2.22. The Morgan fingerprint density at radius 2 is 0.414 bits per heavy atom. The molecule has 544 valence electrons. The van der Waals surface area contributed by atoms with E-state index < -0.39 is 0 Å². The van der Waals surface area contributed by atoms with Crippen molar-refractivity contribution in [2.75, 3.05) is 9.80 Å². The van der Waals surface area contributed by atoms with Crippen molar-refractivity contribution in [2.24, 2.45) is 0 Å². The summed E-state index contributed by atoms with van der Waals surface area (Å²) in [6.45, 7) is 0. The van der Waals surface area contributed by atoms with Gasteiger partial charge in [0.1, 0.15) is 55.8 Å². The van der Waals surface area contributed by atoms with Gasteiger partial charge in [-0.05, 0) is 201 Å². The molecule has 0 aliphatic rings. The Labute approximate surface area is 669 Å². The van der Waals surface area contributed by atoms with Gasteiger partial charge in [0.05, 0.1) is 0 Å². The molecule has 0 spiro atoms. The molecule has 0 fully saturated rings. The van der Waals surface area contributed by atoms with Crippen molar-refractivity contribution < 1.29 is 22.1 Å². The zero-order valence-corrected chi connectivity index (χ0v) is 63.3. The number of furan rings is 5. The van der Waals surface area contributed by atoms with Crippen molar-refractivity contribution in [3.63, 3.8) is 0 Å². The quantitative estimate of drug-likeness (QED) is 0.121. The van der Waals surface area contributed by atoms with E-state index in [4.69, 9.17) is 22.1 Å². The van der Waals surface area contributed by atoms with Crippen LogP contribution in [0.2, 0.25) is 0 Å². The summed E-state index contributed by atoms with van der Waals surface area (Å²) in [7, 11) is 0. The number of anilines is 6. The topological polar surface area (TPSA) is 72.2 Å². The lowest BCUT2D eigenvalue weighted by molar-refractivity contribution is 0.668. The molecular formula is C108H66N2O5S. The fourth-order valence-electron chi connectivity index (χ4n) is 17.3. The first-order valence-electron chi connectivity index (χ1n) is 39.1. The molecule has 7 nitrogen and oxygen atoms in total. The number of fused-ring (bicyclic) bond motifs is 18. The summed E-state index contributed by atoms with van der Waals surface area (Å²) in [5.41, 5.74) is 29.1. The summed E-state index contributed by atoms with van der Waals surface area (Å²) in [4.78, 5) is 4.66. The van der Waals surface area contributed by atoms with Crippen LogP contribution < -0.4 is 9.80 Å². The predicted octanol–water partition coefficient (Wildman–Crippen LogP) is 32.2. The van der Waals surface area contributed by atoms with Crippen LogP contribution >= 0.6 is 11.3 Å². The van der Waals surface area contributed by atoms with Gasteiger partial charge in [-0.1, -0.05) is 255 Å². The molecule has 116 heavy (non-hydrogen) atoms. The Kier molecular flexibility index (Phi) is 15.7. The van der Waals surface area contributed by atoms with Gasteiger partial charge in [0.25, 0.3) is 0 Å². The zero-order valence-electron chi connectivity index (χ0n) is 62.4. The number of nitrogens with zero attached hydrogens (tertiary/aromatic N) is 2. The molecular weight excluding hydrogens is 1440 g/mol. The molecule has 6 heterocycles. The molecule has 0 N–H and O–H groups in total. The highest BCUT2D eigenvalue weighted by molar-refractivity contribution is 7.26. The summed E-state index contributed by atoms with van der Waals surface area (Å²) in [6, 6.07) is 142. The minimum Gasteiger partial charge on any atom is -0.456 e. The lowest BCUT2D eigenvalue weighted by atomic mass is 10.0. The number of para-hydroxylation sites is 7. The first-order chi connectivity index (χ1) is 57.4. The maximum atomic E-state index is 6.42. The van der Waals surface area contributed by atoms with Crippen molar-refractivity contribution in [1.29, 1.82) is 0 Å². The summed E-state index contributed by atoms with van der Waals surface area (Å²) >= 11 is 1.87. The smallest absolute Gasteiger partial charge is 0.143 e. The van der Waals surface area contributed by atoms with E-state index in [2.05, 4.69) is 350 Å². The van der Waals surface area contributed by atoms with Crippen LogP contribution in [0.1, 0.15) is 0 Å². The standard InChI is InChI=1S/C54H33NO3.C54H33NO2S/c1-6-15-51-43(8-1)46-12-7-11-42(54(46)58-51)36-20-28-41(29-21-36)55(39-24-16-34(17-25-39)37-22-30-52-47(32-37)44-9-2-4-13-49(44)56-52)40-26-18-35(19-27-40)38-23-31-53-48(33-38)45-10-3-5-14-50(45)57-53;1-5-17-50-43(9-1)46-14-7-12-41(53(46)57-50)35-21-28-39(29-22-35)55(38-26-19-34(20-27-38)37-25-32-51-48(33-37)44-10-2-4-16-49(44)56-51)40-30-23-36(24-31-40)42-13-8-15-47-45-11-3-6-18-52(45)58-54(42)47/h2*1-33H. The van der Waals surface area contributed by atoms with E-state index >= 15 is 0 Å². The van der Waals surface area contributed by atoms with Crippen molar-refractivity contribution >= 4 is 175 Å². The highest BCUT2D eigenvalue weighted by atomic mass is 32.1. The summed E-state index contributed by atoms with van der Waals surface area (Å²) in [5.74, 6) is 0. The van der Waals surface area contributed by atoms with E-state index in [1.807, 2.05) is 72.0 Å². The molecule has 6 aromatic heterocycles. The lowest BCUT2D eigenvalue weighted by Gasteiger charge is -2.26. The fraction of sp³-hybridized carbons (Fsp3) is 0. The minimum absolute atomic E-state index is 0.897. The third-order valence-electron chi connectivity index (χ3n) is 23.0. The van der Waals surface area contributed by atoms with Crippen molar-refractivity contribution in [3.8, 4) is 66.8 Å². The Hall–Kier alpha value is -15.2. The molecule has 0 bridgehead atoms. The van der Waals surface area contributed by atoms with Gasteiger partial charge >= 0.3 is 0 Å². The monoisotopic (exact) mass is 1500 g/mol. The van der Waals surface area contributed by atoms with Crippen LogP contribution in [0.15, 0.2) is 422 Å². The second-order valence-corrected chi connectivity index (χ2v) is 30.8. The van der Waals surface area contributed by atoms with Crippen LogP contribution in [0.25, 0.3) is 197 Å². The Bertz CT molecular complexity index is 7600. The lowest BCUT2D eigenvalue weighted by Crippen LogP contribution is -2.09. The van der Waals surface area contributed by atoms with E-state index in [0.29, 0.717) is 0 Å².